The van der Waals surface area contributed by atoms with E-state index >= 15 is 0 Å². The Kier molecular flexibility index (Phi) is 6.14. The quantitative estimate of drug-likeness (QED) is 0.853. The molecule has 0 atom stereocenters. The van der Waals surface area contributed by atoms with E-state index in [0.717, 1.165) is 28.0 Å². The number of halogens is 1. The molecule has 19 heavy (non-hydrogen) atoms. The predicted molar refractivity (Wildman–Crippen MR) is 82.8 cm³/mol. The standard InChI is InChI=1S/C15H24BrNO2/c1-5-18-13-9-11(10-17)8-12(16)14(13)19-7-6-15(2,3)4/h8-9H,5-7,10,17H2,1-4H3. The van der Waals surface area contributed by atoms with Crippen molar-refractivity contribution in [2.45, 2.75) is 40.7 Å². The Labute approximate surface area is 124 Å². The zero-order valence-corrected chi connectivity index (χ0v) is 13.8. The van der Waals surface area contributed by atoms with Crippen LogP contribution in [-0.4, -0.2) is 13.2 Å². The number of hydrogen-bond donors (Lipinski definition) is 1. The maximum absolute atomic E-state index is 5.88. The molecule has 0 radical (unpaired) electrons. The fourth-order valence-corrected chi connectivity index (χ4v) is 2.21. The van der Waals surface area contributed by atoms with Crippen molar-refractivity contribution >= 4 is 15.9 Å². The molecule has 0 saturated heterocycles. The first-order chi connectivity index (χ1) is 8.87. The van der Waals surface area contributed by atoms with Crippen LogP contribution in [0.2, 0.25) is 0 Å². The molecule has 1 aromatic rings. The number of rotatable bonds is 6. The van der Waals surface area contributed by atoms with Gasteiger partial charge in [-0.3, -0.25) is 0 Å². The summed E-state index contributed by atoms with van der Waals surface area (Å²) in [5, 5.41) is 0. The summed E-state index contributed by atoms with van der Waals surface area (Å²) >= 11 is 3.53. The molecule has 108 valence electrons. The second kappa shape index (κ2) is 7.15. The largest absolute Gasteiger partial charge is 0.490 e. The lowest BCUT2D eigenvalue weighted by molar-refractivity contribution is 0.228. The van der Waals surface area contributed by atoms with Gasteiger partial charge in [0, 0.05) is 6.54 Å². The molecule has 0 unspecified atom stereocenters. The summed E-state index contributed by atoms with van der Waals surface area (Å²) in [5.41, 5.74) is 6.96. The minimum absolute atomic E-state index is 0.259. The van der Waals surface area contributed by atoms with E-state index in [1.165, 1.54) is 0 Å². The van der Waals surface area contributed by atoms with Crippen LogP contribution in [0.3, 0.4) is 0 Å². The van der Waals surface area contributed by atoms with E-state index in [9.17, 15) is 0 Å². The molecule has 0 bridgehead atoms. The van der Waals surface area contributed by atoms with Crippen LogP contribution in [-0.2, 0) is 6.54 Å². The fraction of sp³-hybridized carbons (Fsp3) is 0.600. The van der Waals surface area contributed by atoms with E-state index in [4.69, 9.17) is 15.2 Å². The monoisotopic (exact) mass is 329 g/mol. The zero-order valence-electron chi connectivity index (χ0n) is 12.3. The first-order valence-electron chi connectivity index (χ1n) is 6.65. The molecule has 4 heteroatoms. The van der Waals surface area contributed by atoms with Crippen LogP contribution in [0.15, 0.2) is 16.6 Å². The first kappa shape index (κ1) is 16.3. The molecular weight excluding hydrogens is 306 g/mol. The summed E-state index contributed by atoms with van der Waals surface area (Å²) in [6.45, 7) is 10.3. The van der Waals surface area contributed by atoms with E-state index in [-0.39, 0.29) is 5.41 Å². The molecule has 0 spiro atoms. The molecule has 0 aliphatic carbocycles. The number of hydrogen-bond acceptors (Lipinski definition) is 3. The van der Waals surface area contributed by atoms with Crippen molar-refractivity contribution in [1.29, 1.82) is 0 Å². The SMILES string of the molecule is CCOc1cc(CN)cc(Br)c1OCCC(C)(C)C. The molecule has 1 aromatic carbocycles. The molecule has 0 fully saturated rings. The number of benzene rings is 1. The van der Waals surface area contributed by atoms with Gasteiger partial charge in [-0.15, -0.1) is 0 Å². The van der Waals surface area contributed by atoms with Crippen molar-refractivity contribution in [1.82, 2.24) is 0 Å². The normalized spacial score (nSPS) is 11.5. The van der Waals surface area contributed by atoms with Gasteiger partial charge >= 0.3 is 0 Å². The van der Waals surface area contributed by atoms with E-state index < -0.39 is 0 Å². The van der Waals surface area contributed by atoms with Gasteiger partial charge in [-0.2, -0.15) is 0 Å². The lowest BCUT2D eigenvalue weighted by Gasteiger charge is -2.20. The first-order valence-corrected chi connectivity index (χ1v) is 7.44. The lowest BCUT2D eigenvalue weighted by Crippen LogP contribution is -2.12. The third-order valence-corrected chi connectivity index (χ3v) is 3.29. The van der Waals surface area contributed by atoms with Gasteiger partial charge in [-0.25, -0.2) is 0 Å². The highest BCUT2D eigenvalue weighted by atomic mass is 79.9. The zero-order chi connectivity index (χ0) is 14.5. The topological polar surface area (TPSA) is 44.5 Å². The highest BCUT2D eigenvalue weighted by molar-refractivity contribution is 9.10. The Morgan fingerprint density at radius 1 is 1.21 bits per heavy atom. The van der Waals surface area contributed by atoms with Gasteiger partial charge in [0.25, 0.3) is 0 Å². The van der Waals surface area contributed by atoms with Gasteiger partial charge in [0.1, 0.15) is 0 Å². The second-order valence-electron chi connectivity index (χ2n) is 5.70. The maximum atomic E-state index is 5.88. The molecule has 0 aliphatic heterocycles. The Morgan fingerprint density at radius 3 is 2.42 bits per heavy atom. The Balaban J connectivity index is 2.85. The van der Waals surface area contributed by atoms with Crippen molar-refractivity contribution in [3.63, 3.8) is 0 Å². The average Bonchev–Trinajstić information content (AvgIpc) is 2.31. The van der Waals surface area contributed by atoms with Gasteiger partial charge in [0.15, 0.2) is 11.5 Å². The van der Waals surface area contributed by atoms with Crippen LogP contribution in [0, 0.1) is 5.41 Å². The molecule has 2 N–H and O–H groups in total. The van der Waals surface area contributed by atoms with Gasteiger partial charge in [-0.05, 0) is 52.4 Å². The number of ether oxygens (including phenoxy) is 2. The molecule has 0 aromatic heterocycles. The molecule has 0 amide bonds. The Morgan fingerprint density at radius 2 is 1.89 bits per heavy atom. The third kappa shape index (κ3) is 5.41. The summed E-state index contributed by atoms with van der Waals surface area (Å²) in [6, 6.07) is 3.93. The summed E-state index contributed by atoms with van der Waals surface area (Å²) < 4.78 is 12.4. The maximum Gasteiger partial charge on any atom is 0.175 e. The van der Waals surface area contributed by atoms with Gasteiger partial charge in [0.2, 0.25) is 0 Å². The van der Waals surface area contributed by atoms with Crippen LogP contribution in [0.1, 0.15) is 39.7 Å². The van der Waals surface area contributed by atoms with Crippen molar-refractivity contribution in [2.24, 2.45) is 11.1 Å². The van der Waals surface area contributed by atoms with Crippen LogP contribution >= 0.6 is 15.9 Å². The average molecular weight is 330 g/mol. The van der Waals surface area contributed by atoms with Crippen molar-refractivity contribution < 1.29 is 9.47 Å². The van der Waals surface area contributed by atoms with Crippen LogP contribution in [0.25, 0.3) is 0 Å². The molecule has 3 nitrogen and oxygen atoms in total. The predicted octanol–water partition coefficient (Wildman–Crippen LogP) is 4.12. The summed E-state index contributed by atoms with van der Waals surface area (Å²) in [6.07, 6.45) is 0.990. The Bertz CT molecular complexity index is 413. The van der Waals surface area contributed by atoms with Crippen LogP contribution < -0.4 is 15.2 Å². The fourth-order valence-electron chi connectivity index (χ4n) is 1.60. The molecule has 0 aliphatic rings. The summed E-state index contributed by atoms with van der Waals surface area (Å²) in [7, 11) is 0. The molecule has 1 rings (SSSR count). The lowest BCUT2D eigenvalue weighted by atomic mass is 9.93. The summed E-state index contributed by atoms with van der Waals surface area (Å²) in [4.78, 5) is 0. The Hall–Kier alpha value is -0.740. The van der Waals surface area contributed by atoms with E-state index in [0.29, 0.717) is 19.8 Å². The minimum atomic E-state index is 0.259. The van der Waals surface area contributed by atoms with Crippen molar-refractivity contribution in [3.8, 4) is 11.5 Å². The smallest absolute Gasteiger partial charge is 0.175 e. The van der Waals surface area contributed by atoms with E-state index in [1.807, 2.05) is 19.1 Å². The third-order valence-electron chi connectivity index (χ3n) is 2.70. The highest BCUT2D eigenvalue weighted by Crippen LogP contribution is 2.37. The summed E-state index contributed by atoms with van der Waals surface area (Å²) in [5.74, 6) is 1.52. The van der Waals surface area contributed by atoms with E-state index in [1.54, 1.807) is 0 Å². The van der Waals surface area contributed by atoms with Crippen molar-refractivity contribution in [2.75, 3.05) is 13.2 Å². The molecule has 0 saturated carbocycles. The highest BCUT2D eigenvalue weighted by Gasteiger charge is 2.14. The van der Waals surface area contributed by atoms with Gasteiger partial charge < -0.3 is 15.2 Å². The van der Waals surface area contributed by atoms with Crippen LogP contribution in [0.5, 0.6) is 11.5 Å². The van der Waals surface area contributed by atoms with Gasteiger partial charge in [0.05, 0.1) is 17.7 Å². The molecular formula is C15H24BrNO2. The van der Waals surface area contributed by atoms with Crippen molar-refractivity contribution in [3.05, 3.63) is 22.2 Å². The van der Waals surface area contributed by atoms with Gasteiger partial charge in [-0.1, -0.05) is 20.8 Å². The van der Waals surface area contributed by atoms with Crippen LogP contribution in [0.4, 0.5) is 0 Å². The van der Waals surface area contributed by atoms with E-state index in [2.05, 4.69) is 36.7 Å². The molecule has 0 heterocycles. The number of nitrogens with two attached hydrogens (primary N) is 1. The second-order valence-corrected chi connectivity index (χ2v) is 6.56. The minimum Gasteiger partial charge on any atom is -0.490 e.